The highest BCUT2D eigenvalue weighted by atomic mass is 19.1. The van der Waals surface area contributed by atoms with Gasteiger partial charge in [-0.2, -0.15) is 0 Å². The van der Waals surface area contributed by atoms with Gasteiger partial charge in [0.15, 0.2) is 0 Å². The van der Waals surface area contributed by atoms with Crippen LogP contribution in [0.3, 0.4) is 0 Å². The fourth-order valence-corrected chi connectivity index (χ4v) is 2.02. The van der Waals surface area contributed by atoms with E-state index in [2.05, 4.69) is 5.32 Å². The molecule has 0 aliphatic heterocycles. The zero-order valence-corrected chi connectivity index (χ0v) is 11.7. The largest absolute Gasteiger partial charge is 0.386 e. The molecule has 6 heteroatoms. The molecule has 2 aromatic carbocycles. The molecule has 1 amide bonds. The molecule has 116 valence electrons. The van der Waals surface area contributed by atoms with E-state index in [1.165, 1.54) is 18.2 Å². The van der Waals surface area contributed by atoms with Crippen LogP contribution in [-0.4, -0.2) is 17.6 Å². The summed E-state index contributed by atoms with van der Waals surface area (Å²) in [5, 5.41) is 12.1. The number of carbonyl (C=O) groups excluding carboxylic acids is 1. The molecule has 0 heterocycles. The van der Waals surface area contributed by atoms with E-state index in [0.717, 1.165) is 12.1 Å². The van der Waals surface area contributed by atoms with Crippen molar-refractivity contribution in [2.75, 3.05) is 6.54 Å². The number of benzene rings is 2. The number of aryl methyl sites for hydroxylation is 1. The Morgan fingerprint density at radius 1 is 1.14 bits per heavy atom. The highest BCUT2D eigenvalue weighted by Gasteiger charge is 2.19. The van der Waals surface area contributed by atoms with E-state index in [0.29, 0.717) is 5.56 Å². The van der Waals surface area contributed by atoms with Crippen LogP contribution in [0.4, 0.5) is 13.2 Å². The Balaban J connectivity index is 2.08. The van der Waals surface area contributed by atoms with Gasteiger partial charge in [0.25, 0.3) is 5.91 Å². The molecule has 0 spiro atoms. The second-order valence-corrected chi connectivity index (χ2v) is 4.84. The van der Waals surface area contributed by atoms with E-state index in [9.17, 15) is 23.1 Å². The standard InChI is InChI=1S/C16H14F3NO2/c1-9-5-6-10(13(19)7-9)16(22)20-8-14(21)15-11(17)3-2-4-12(15)18/h2-7,14,21H,8H2,1H3,(H,20,22). The van der Waals surface area contributed by atoms with Crippen molar-refractivity contribution >= 4 is 5.91 Å². The van der Waals surface area contributed by atoms with Gasteiger partial charge in [0.2, 0.25) is 0 Å². The van der Waals surface area contributed by atoms with Crippen LogP contribution in [0.15, 0.2) is 36.4 Å². The zero-order chi connectivity index (χ0) is 16.3. The summed E-state index contributed by atoms with van der Waals surface area (Å²) in [5.74, 6) is -3.30. The van der Waals surface area contributed by atoms with Gasteiger partial charge in [0.1, 0.15) is 23.6 Å². The topological polar surface area (TPSA) is 49.3 Å². The van der Waals surface area contributed by atoms with Gasteiger partial charge < -0.3 is 10.4 Å². The summed E-state index contributed by atoms with van der Waals surface area (Å²) in [7, 11) is 0. The molecule has 0 bridgehead atoms. The molecule has 1 atom stereocenters. The summed E-state index contributed by atoms with van der Waals surface area (Å²) in [5.41, 5.74) is -0.0819. The van der Waals surface area contributed by atoms with Gasteiger partial charge in [0, 0.05) is 6.54 Å². The van der Waals surface area contributed by atoms with Crippen LogP contribution < -0.4 is 5.32 Å². The lowest BCUT2D eigenvalue weighted by molar-refractivity contribution is 0.0907. The zero-order valence-electron chi connectivity index (χ0n) is 11.7. The lowest BCUT2D eigenvalue weighted by atomic mass is 10.1. The molecule has 0 saturated heterocycles. The van der Waals surface area contributed by atoms with Crippen LogP contribution >= 0.6 is 0 Å². The number of aliphatic hydroxyl groups excluding tert-OH is 1. The van der Waals surface area contributed by atoms with Crippen molar-refractivity contribution in [3.63, 3.8) is 0 Å². The molecular weight excluding hydrogens is 295 g/mol. The highest BCUT2D eigenvalue weighted by molar-refractivity contribution is 5.94. The minimum Gasteiger partial charge on any atom is -0.386 e. The molecule has 22 heavy (non-hydrogen) atoms. The highest BCUT2D eigenvalue weighted by Crippen LogP contribution is 2.20. The SMILES string of the molecule is Cc1ccc(C(=O)NCC(O)c2c(F)cccc2F)c(F)c1. The number of nitrogens with one attached hydrogen (secondary N) is 1. The van der Waals surface area contributed by atoms with Crippen molar-refractivity contribution in [1.82, 2.24) is 5.32 Å². The van der Waals surface area contributed by atoms with Crippen LogP contribution in [0.2, 0.25) is 0 Å². The van der Waals surface area contributed by atoms with E-state index < -0.39 is 41.6 Å². The average molecular weight is 309 g/mol. The van der Waals surface area contributed by atoms with Crippen LogP contribution in [-0.2, 0) is 0 Å². The predicted octanol–water partition coefficient (Wildman–Crippen LogP) is 2.88. The lowest BCUT2D eigenvalue weighted by Crippen LogP contribution is -2.29. The third-order valence-electron chi connectivity index (χ3n) is 3.16. The van der Waals surface area contributed by atoms with E-state index in [1.807, 2.05) is 0 Å². The second-order valence-electron chi connectivity index (χ2n) is 4.84. The Morgan fingerprint density at radius 3 is 2.36 bits per heavy atom. The number of hydrogen-bond donors (Lipinski definition) is 2. The number of halogens is 3. The third kappa shape index (κ3) is 3.46. The van der Waals surface area contributed by atoms with Gasteiger partial charge >= 0.3 is 0 Å². The molecule has 3 nitrogen and oxygen atoms in total. The van der Waals surface area contributed by atoms with Gasteiger partial charge in [-0.3, -0.25) is 4.79 Å². The molecular formula is C16H14F3NO2. The number of aliphatic hydroxyl groups is 1. The van der Waals surface area contributed by atoms with Gasteiger partial charge in [-0.25, -0.2) is 13.2 Å². The summed E-state index contributed by atoms with van der Waals surface area (Å²) < 4.78 is 40.6. The summed E-state index contributed by atoms with van der Waals surface area (Å²) in [6.45, 7) is 1.24. The summed E-state index contributed by atoms with van der Waals surface area (Å²) in [6.07, 6.45) is -1.57. The van der Waals surface area contributed by atoms with Crippen LogP contribution in [0.5, 0.6) is 0 Å². The summed E-state index contributed by atoms with van der Waals surface area (Å²) in [6, 6.07) is 7.23. The first-order valence-electron chi connectivity index (χ1n) is 6.56. The van der Waals surface area contributed by atoms with E-state index in [4.69, 9.17) is 0 Å². The van der Waals surface area contributed by atoms with E-state index in [-0.39, 0.29) is 5.56 Å². The first-order valence-corrected chi connectivity index (χ1v) is 6.56. The minimum atomic E-state index is -1.57. The Kier molecular flexibility index (Phi) is 4.82. The van der Waals surface area contributed by atoms with Gasteiger partial charge in [-0.1, -0.05) is 12.1 Å². The molecule has 1 unspecified atom stereocenters. The van der Waals surface area contributed by atoms with Gasteiger partial charge in [-0.15, -0.1) is 0 Å². The van der Waals surface area contributed by atoms with Gasteiger partial charge in [-0.05, 0) is 36.8 Å². The second kappa shape index (κ2) is 6.62. The Bertz CT molecular complexity index is 684. The molecule has 0 saturated carbocycles. The maximum absolute atomic E-state index is 13.6. The molecule has 2 rings (SSSR count). The number of amides is 1. The number of hydrogen-bond acceptors (Lipinski definition) is 2. The molecule has 0 radical (unpaired) electrons. The predicted molar refractivity (Wildman–Crippen MR) is 74.8 cm³/mol. The Labute approximate surface area is 125 Å². The molecule has 0 aliphatic rings. The molecule has 0 fully saturated rings. The van der Waals surface area contributed by atoms with Crippen LogP contribution in [0.1, 0.15) is 27.6 Å². The normalized spacial score (nSPS) is 12.0. The quantitative estimate of drug-likeness (QED) is 0.912. The first-order chi connectivity index (χ1) is 10.4. The summed E-state index contributed by atoms with van der Waals surface area (Å²) >= 11 is 0. The van der Waals surface area contributed by atoms with Gasteiger partial charge in [0.05, 0.1) is 11.1 Å². The molecule has 0 aromatic heterocycles. The lowest BCUT2D eigenvalue weighted by Gasteiger charge is -2.14. The number of carbonyl (C=O) groups is 1. The van der Waals surface area contributed by atoms with Crippen molar-refractivity contribution in [2.45, 2.75) is 13.0 Å². The molecule has 2 N–H and O–H groups in total. The van der Waals surface area contributed by atoms with E-state index >= 15 is 0 Å². The Hall–Kier alpha value is -2.34. The fourth-order valence-electron chi connectivity index (χ4n) is 2.02. The maximum Gasteiger partial charge on any atom is 0.254 e. The first kappa shape index (κ1) is 16.0. The smallest absolute Gasteiger partial charge is 0.254 e. The van der Waals surface area contributed by atoms with Crippen LogP contribution in [0, 0.1) is 24.4 Å². The van der Waals surface area contributed by atoms with Crippen molar-refractivity contribution in [3.8, 4) is 0 Å². The molecule has 2 aromatic rings. The minimum absolute atomic E-state index is 0.202. The van der Waals surface area contributed by atoms with Crippen molar-refractivity contribution in [1.29, 1.82) is 0 Å². The monoisotopic (exact) mass is 309 g/mol. The van der Waals surface area contributed by atoms with Crippen molar-refractivity contribution < 1.29 is 23.1 Å². The van der Waals surface area contributed by atoms with Crippen molar-refractivity contribution in [2.24, 2.45) is 0 Å². The summed E-state index contributed by atoms with van der Waals surface area (Å²) in [4.78, 5) is 11.8. The fraction of sp³-hybridized carbons (Fsp3) is 0.188. The van der Waals surface area contributed by atoms with Crippen molar-refractivity contribution in [3.05, 3.63) is 70.5 Å². The average Bonchev–Trinajstić information content (AvgIpc) is 2.44. The maximum atomic E-state index is 13.6. The Morgan fingerprint density at radius 2 is 1.77 bits per heavy atom. The molecule has 0 aliphatic carbocycles. The van der Waals surface area contributed by atoms with E-state index in [1.54, 1.807) is 13.0 Å². The number of rotatable bonds is 4. The van der Waals surface area contributed by atoms with Crippen LogP contribution in [0.25, 0.3) is 0 Å². The third-order valence-corrected chi connectivity index (χ3v) is 3.16.